The zero-order chi connectivity index (χ0) is 12.6. The summed E-state index contributed by atoms with van der Waals surface area (Å²) < 4.78 is 4.87. The van der Waals surface area contributed by atoms with Crippen molar-refractivity contribution >= 4 is 5.97 Å². The minimum Gasteiger partial charge on any atom is -0.465 e. The van der Waals surface area contributed by atoms with E-state index in [4.69, 9.17) is 10.5 Å². The molecule has 1 rings (SSSR count). The van der Waals surface area contributed by atoms with Crippen LogP contribution >= 0.6 is 0 Å². The van der Waals surface area contributed by atoms with Crippen molar-refractivity contribution in [3.8, 4) is 0 Å². The first-order valence-electron chi connectivity index (χ1n) is 6.23. The number of carbonyl (C=O) groups excluding carboxylic acids is 1. The smallest absolute Gasteiger partial charge is 0.323 e. The van der Waals surface area contributed by atoms with E-state index in [0.29, 0.717) is 18.4 Å². The molecule has 0 saturated heterocycles. The average molecular weight is 227 g/mol. The standard InChI is InChI=1S/C11H19NO2.C2H6/c1-3-5-6-8-7-9(8)10(12)11(13)14-4-2;1-2/h3,8-10H,1,4-7,12H2,2H3;1-2H3/t8-,9?,10?;/m1./s1. The molecule has 0 aliphatic heterocycles. The second-order valence-electron chi connectivity index (χ2n) is 3.80. The first-order valence-corrected chi connectivity index (χ1v) is 6.23. The van der Waals surface area contributed by atoms with E-state index in [1.54, 1.807) is 6.92 Å². The van der Waals surface area contributed by atoms with Gasteiger partial charge in [0.15, 0.2) is 0 Å². The maximum absolute atomic E-state index is 11.3. The van der Waals surface area contributed by atoms with Crippen LogP contribution in [0, 0.1) is 11.8 Å². The van der Waals surface area contributed by atoms with Crippen molar-refractivity contribution in [3.63, 3.8) is 0 Å². The van der Waals surface area contributed by atoms with Gasteiger partial charge in [0, 0.05) is 0 Å². The van der Waals surface area contributed by atoms with E-state index in [1.165, 1.54) is 0 Å². The summed E-state index contributed by atoms with van der Waals surface area (Å²) in [6.45, 7) is 9.88. The van der Waals surface area contributed by atoms with Gasteiger partial charge in [-0.2, -0.15) is 0 Å². The van der Waals surface area contributed by atoms with E-state index < -0.39 is 6.04 Å². The van der Waals surface area contributed by atoms with Crippen LogP contribution in [0.5, 0.6) is 0 Å². The molecule has 0 aromatic rings. The third-order valence-electron chi connectivity index (χ3n) is 2.74. The molecule has 1 saturated carbocycles. The Balaban J connectivity index is 0.00000106. The largest absolute Gasteiger partial charge is 0.465 e. The monoisotopic (exact) mass is 227 g/mol. The highest BCUT2D eigenvalue weighted by Crippen LogP contribution is 2.44. The van der Waals surface area contributed by atoms with E-state index in [1.807, 2.05) is 19.9 Å². The van der Waals surface area contributed by atoms with Gasteiger partial charge < -0.3 is 10.5 Å². The van der Waals surface area contributed by atoms with Crippen LogP contribution in [-0.2, 0) is 9.53 Å². The summed E-state index contributed by atoms with van der Waals surface area (Å²) >= 11 is 0. The molecule has 0 aromatic heterocycles. The molecule has 0 amide bonds. The second-order valence-corrected chi connectivity index (χ2v) is 3.80. The number of nitrogens with two attached hydrogens (primary N) is 1. The molecule has 0 heterocycles. The number of rotatable bonds is 6. The summed E-state index contributed by atoms with van der Waals surface area (Å²) in [5, 5.41) is 0. The van der Waals surface area contributed by atoms with Crippen LogP contribution in [0.25, 0.3) is 0 Å². The van der Waals surface area contributed by atoms with Gasteiger partial charge in [-0.3, -0.25) is 4.79 Å². The molecule has 3 heteroatoms. The van der Waals surface area contributed by atoms with Crippen LogP contribution in [0.2, 0.25) is 0 Å². The van der Waals surface area contributed by atoms with Gasteiger partial charge in [0.25, 0.3) is 0 Å². The minimum absolute atomic E-state index is 0.251. The Bertz CT molecular complexity index is 216. The number of hydrogen-bond donors (Lipinski definition) is 1. The van der Waals surface area contributed by atoms with E-state index in [-0.39, 0.29) is 5.97 Å². The molecule has 2 N–H and O–H groups in total. The fourth-order valence-corrected chi connectivity index (χ4v) is 1.79. The van der Waals surface area contributed by atoms with Gasteiger partial charge in [-0.1, -0.05) is 19.9 Å². The lowest BCUT2D eigenvalue weighted by molar-refractivity contribution is -0.145. The highest BCUT2D eigenvalue weighted by atomic mass is 16.5. The van der Waals surface area contributed by atoms with Gasteiger partial charge in [0.2, 0.25) is 0 Å². The molecule has 0 aromatic carbocycles. The van der Waals surface area contributed by atoms with E-state index in [9.17, 15) is 4.79 Å². The van der Waals surface area contributed by atoms with Crippen molar-refractivity contribution in [1.82, 2.24) is 0 Å². The van der Waals surface area contributed by atoms with E-state index in [0.717, 1.165) is 19.3 Å². The first-order chi connectivity index (χ1) is 7.70. The summed E-state index contributed by atoms with van der Waals surface area (Å²) in [6.07, 6.45) is 5.08. The lowest BCUT2D eigenvalue weighted by Gasteiger charge is -2.09. The SMILES string of the molecule is C=CCC[C@@H]1CC1C(N)C(=O)OCC.CC. The zero-order valence-corrected chi connectivity index (χ0v) is 10.7. The molecule has 2 unspecified atom stereocenters. The van der Waals surface area contributed by atoms with Gasteiger partial charge >= 0.3 is 5.97 Å². The minimum atomic E-state index is -0.412. The molecule has 3 atom stereocenters. The number of hydrogen-bond acceptors (Lipinski definition) is 3. The third kappa shape index (κ3) is 4.79. The van der Waals surface area contributed by atoms with Crippen molar-refractivity contribution in [1.29, 1.82) is 0 Å². The highest BCUT2D eigenvalue weighted by Gasteiger charge is 2.44. The van der Waals surface area contributed by atoms with E-state index >= 15 is 0 Å². The molecule has 0 bridgehead atoms. The maximum Gasteiger partial charge on any atom is 0.323 e. The molecule has 3 nitrogen and oxygen atoms in total. The summed E-state index contributed by atoms with van der Waals surface area (Å²) in [5.41, 5.74) is 5.77. The zero-order valence-electron chi connectivity index (χ0n) is 10.7. The molecule has 1 aliphatic carbocycles. The van der Waals surface area contributed by atoms with Crippen LogP contribution in [-0.4, -0.2) is 18.6 Å². The van der Waals surface area contributed by atoms with Gasteiger partial charge in [0.05, 0.1) is 6.61 Å². The Kier molecular flexibility index (Phi) is 7.90. The molecular weight excluding hydrogens is 202 g/mol. The van der Waals surface area contributed by atoms with Crippen LogP contribution in [0.3, 0.4) is 0 Å². The number of allylic oxidation sites excluding steroid dienone is 1. The predicted molar refractivity (Wildman–Crippen MR) is 67.0 cm³/mol. The topological polar surface area (TPSA) is 52.3 Å². The normalized spacial score (nSPS) is 23.8. The summed E-state index contributed by atoms with van der Waals surface area (Å²) in [6, 6.07) is -0.412. The fourth-order valence-electron chi connectivity index (χ4n) is 1.79. The van der Waals surface area contributed by atoms with Crippen LogP contribution in [0.4, 0.5) is 0 Å². The van der Waals surface area contributed by atoms with Crippen LogP contribution in [0.15, 0.2) is 12.7 Å². The van der Waals surface area contributed by atoms with Crippen molar-refractivity contribution in [2.75, 3.05) is 6.61 Å². The maximum atomic E-state index is 11.3. The second kappa shape index (κ2) is 8.34. The Labute approximate surface area is 99.0 Å². The van der Waals surface area contributed by atoms with Gasteiger partial charge in [-0.05, 0) is 38.0 Å². The molecule has 16 heavy (non-hydrogen) atoms. The van der Waals surface area contributed by atoms with Crippen molar-refractivity contribution in [3.05, 3.63) is 12.7 Å². The number of ether oxygens (including phenoxy) is 1. The van der Waals surface area contributed by atoms with Crippen molar-refractivity contribution < 1.29 is 9.53 Å². The van der Waals surface area contributed by atoms with Crippen molar-refractivity contribution in [2.24, 2.45) is 17.6 Å². The van der Waals surface area contributed by atoms with Crippen LogP contribution < -0.4 is 5.73 Å². The summed E-state index contributed by atoms with van der Waals surface area (Å²) in [4.78, 5) is 11.3. The Morgan fingerprint density at radius 1 is 1.62 bits per heavy atom. The first kappa shape index (κ1) is 15.2. The number of carbonyl (C=O) groups is 1. The van der Waals surface area contributed by atoms with Crippen LogP contribution in [0.1, 0.15) is 40.0 Å². The molecular formula is C13H25NO2. The summed E-state index contributed by atoms with van der Waals surface area (Å²) in [7, 11) is 0. The van der Waals surface area contributed by atoms with Gasteiger partial charge in [-0.15, -0.1) is 6.58 Å². The Morgan fingerprint density at radius 2 is 2.25 bits per heavy atom. The highest BCUT2D eigenvalue weighted by molar-refractivity contribution is 5.76. The third-order valence-corrected chi connectivity index (χ3v) is 2.74. The fraction of sp³-hybridized carbons (Fsp3) is 0.769. The van der Waals surface area contributed by atoms with Gasteiger partial charge in [0.1, 0.15) is 6.04 Å². The lowest BCUT2D eigenvalue weighted by atomic mass is 10.1. The Morgan fingerprint density at radius 3 is 2.75 bits per heavy atom. The lowest BCUT2D eigenvalue weighted by Crippen LogP contribution is -2.35. The quantitative estimate of drug-likeness (QED) is 0.560. The predicted octanol–water partition coefficient (Wildman–Crippen LogP) is 2.51. The number of esters is 1. The van der Waals surface area contributed by atoms with Gasteiger partial charge in [-0.25, -0.2) is 0 Å². The van der Waals surface area contributed by atoms with Crippen molar-refractivity contribution in [2.45, 2.75) is 46.1 Å². The summed E-state index contributed by atoms with van der Waals surface area (Å²) in [5.74, 6) is 0.694. The van der Waals surface area contributed by atoms with E-state index in [2.05, 4.69) is 6.58 Å². The Hall–Kier alpha value is -0.830. The molecule has 0 radical (unpaired) electrons. The molecule has 0 spiro atoms. The molecule has 1 aliphatic rings. The molecule has 94 valence electrons. The molecule has 1 fully saturated rings. The average Bonchev–Trinajstić information content (AvgIpc) is 3.08.